The van der Waals surface area contributed by atoms with Gasteiger partial charge in [0, 0.05) is 24.2 Å². The predicted octanol–water partition coefficient (Wildman–Crippen LogP) is 1.16. The first-order chi connectivity index (χ1) is 8.79. The first-order valence-corrected chi connectivity index (χ1v) is 7.31. The lowest BCUT2D eigenvalue weighted by atomic mass is 10.2. The number of thiazole rings is 1. The number of aromatic nitrogens is 1. The molecule has 0 aromatic carbocycles. The average Bonchev–Trinajstić information content (AvgIpc) is 3.00. The maximum atomic E-state index is 11.9. The van der Waals surface area contributed by atoms with Crippen LogP contribution in [0.3, 0.4) is 0 Å². The van der Waals surface area contributed by atoms with E-state index < -0.39 is 0 Å². The quantitative estimate of drug-likeness (QED) is 0.813. The van der Waals surface area contributed by atoms with E-state index in [0.29, 0.717) is 17.7 Å². The van der Waals surface area contributed by atoms with Gasteiger partial charge in [-0.15, -0.1) is 11.3 Å². The van der Waals surface area contributed by atoms with Gasteiger partial charge in [-0.25, -0.2) is 4.98 Å². The van der Waals surface area contributed by atoms with Gasteiger partial charge < -0.3 is 10.6 Å². The number of amides is 1. The molecule has 2 heterocycles. The molecule has 1 amide bonds. The fourth-order valence-electron chi connectivity index (χ4n) is 2.26. The van der Waals surface area contributed by atoms with E-state index in [9.17, 15) is 4.79 Å². The molecule has 1 aliphatic rings. The summed E-state index contributed by atoms with van der Waals surface area (Å²) in [6.07, 6.45) is 3.90. The fourth-order valence-corrected chi connectivity index (χ4v) is 2.80. The lowest BCUT2D eigenvalue weighted by molar-refractivity contribution is -0.117. The van der Waals surface area contributed by atoms with Crippen molar-refractivity contribution in [2.24, 2.45) is 0 Å². The molecule has 0 aliphatic carbocycles. The maximum Gasteiger partial charge on any atom is 0.240 e. The molecule has 0 spiro atoms. The van der Waals surface area contributed by atoms with Gasteiger partial charge in [0.15, 0.2) is 5.13 Å². The second-order valence-corrected chi connectivity index (χ2v) is 5.40. The summed E-state index contributed by atoms with van der Waals surface area (Å²) in [6, 6.07) is 0.493. The Labute approximate surface area is 112 Å². The molecule has 1 atom stereocenters. The molecule has 1 fully saturated rings. The topological polar surface area (TPSA) is 57.3 Å². The molecular formula is C12H20N4OS. The van der Waals surface area contributed by atoms with E-state index in [0.717, 1.165) is 32.5 Å². The normalized spacial score (nSPS) is 19.3. The molecule has 0 saturated carbocycles. The molecule has 1 aromatic rings. The van der Waals surface area contributed by atoms with Gasteiger partial charge in [-0.1, -0.05) is 6.92 Å². The van der Waals surface area contributed by atoms with E-state index in [2.05, 4.69) is 27.4 Å². The van der Waals surface area contributed by atoms with Crippen molar-refractivity contribution < 1.29 is 4.79 Å². The van der Waals surface area contributed by atoms with Crippen LogP contribution >= 0.6 is 11.3 Å². The van der Waals surface area contributed by atoms with Crippen LogP contribution in [0.4, 0.5) is 5.13 Å². The van der Waals surface area contributed by atoms with Gasteiger partial charge in [-0.05, 0) is 25.9 Å². The Hall–Kier alpha value is -0.980. The van der Waals surface area contributed by atoms with Crippen LogP contribution in [-0.2, 0) is 4.79 Å². The summed E-state index contributed by atoms with van der Waals surface area (Å²) in [6.45, 7) is 5.62. The van der Waals surface area contributed by atoms with Crippen LogP contribution in [0.5, 0.6) is 0 Å². The summed E-state index contributed by atoms with van der Waals surface area (Å²) in [5.41, 5.74) is 0. The maximum absolute atomic E-state index is 11.9. The third-order valence-electron chi connectivity index (χ3n) is 3.09. The Morgan fingerprint density at radius 3 is 3.22 bits per heavy atom. The minimum atomic E-state index is 0.0327. The molecule has 0 bridgehead atoms. The second-order valence-electron chi connectivity index (χ2n) is 4.50. The summed E-state index contributed by atoms with van der Waals surface area (Å²) < 4.78 is 0. The van der Waals surface area contributed by atoms with Crippen LogP contribution < -0.4 is 10.6 Å². The highest BCUT2D eigenvalue weighted by Gasteiger charge is 2.23. The summed E-state index contributed by atoms with van der Waals surface area (Å²) in [5.74, 6) is 0.0327. The first kappa shape index (κ1) is 13.5. The molecule has 1 saturated heterocycles. The molecular weight excluding hydrogens is 248 g/mol. The van der Waals surface area contributed by atoms with Crippen LogP contribution in [-0.4, -0.2) is 48.0 Å². The van der Waals surface area contributed by atoms with Crippen LogP contribution in [0, 0.1) is 0 Å². The van der Waals surface area contributed by atoms with Crippen LogP contribution in [0.15, 0.2) is 11.6 Å². The fraction of sp³-hybridized carbons (Fsp3) is 0.667. The number of carbonyl (C=O) groups is 1. The molecule has 1 aromatic heterocycles. The highest BCUT2D eigenvalue weighted by atomic mass is 32.1. The minimum absolute atomic E-state index is 0.0327. The SMILES string of the molecule is CCCN(CC(=O)Nc1nccs1)C1CCNC1. The van der Waals surface area contributed by atoms with Gasteiger partial charge in [0.25, 0.3) is 0 Å². The average molecular weight is 268 g/mol. The van der Waals surface area contributed by atoms with E-state index in [1.165, 1.54) is 11.3 Å². The molecule has 18 heavy (non-hydrogen) atoms. The van der Waals surface area contributed by atoms with Crippen molar-refractivity contribution in [1.82, 2.24) is 15.2 Å². The molecule has 2 rings (SSSR count). The van der Waals surface area contributed by atoms with E-state index in [1.807, 2.05) is 5.38 Å². The van der Waals surface area contributed by atoms with Crippen molar-refractivity contribution in [3.63, 3.8) is 0 Å². The highest BCUT2D eigenvalue weighted by Crippen LogP contribution is 2.12. The minimum Gasteiger partial charge on any atom is -0.315 e. The molecule has 1 aliphatic heterocycles. The number of nitrogens with zero attached hydrogens (tertiary/aromatic N) is 2. The molecule has 1 unspecified atom stereocenters. The zero-order valence-electron chi connectivity index (χ0n) is 10.7. The Morgan fingerprint density at radius 1 is 1.72 bits per heavy atom. The van der Waals surface area contributed by atoms with Crippen LogP contribution in [0.1, 0.15) is 19.8 Å². The number of rotatable bonds is 6. The zero-order chi connectivity index (χ0) is 12.8. The summed E-state index contributed by atoms with van der Waals surface area (Å²) >= 11 is 1.45. The lowest BCUT2D eigenvalue weighted by Gasteiger charge is -2.26. The van der Waals surface area contributed by atoms with Crippen LogP contribution in [0.25, 0.3) is 0 Å². The van der Waals surface area contributed by atoms with Gasteiger partial charge in [0.1, 0.15) is 0 Å². The van der Waals surface area contributed by atoms with E-state index in [-0.39, 0.29) is 5.91 Å². The number of anilines is 1. The van der Waals surface area contributed by atoms with E-state index in [4.69, 9.17) is 0 Å². The number of hydrogen-bond donors (Lipinski definition) is 2. The Balaban J connectivity index is 1.85. The van der Waals surface area contributed by atoms with Crippen molar-refractivity contribution in [2.45, 2.75) is 25.8 Å². The monoisotopic (exact) mass is 268 g/mol. The summed E-state index contributed by atoms with van der Waals surface area (Å²) in [7, 11) is 0. The summed E-state index contributed by atoms with van der Waals surface area (Å²) in [4.78, 5) is 18.3. The van der Waals surface area contributed by atoms with Gasteiger partial charge in [0.2, 0.25) is 5.91 Å². The van der Waals surface area contributed by atoms with Gasteiger partial charge in [-0.3, -0.25) is 9.69 Å². The molecule has 5 nitrogen and oxygen atoms in total. The summed E-state index contributed by atoms with van der Waals surface area (Å²) in [5, 5.41) is 8.73. The Morgan fingerprint density at radius 2 is 2.61 bits per heavy atom. The zero-order valence-corrected chi connectivity index (χ0v) is 11.5. The highest BCUT2D eigenvalue weighted by molar-refractivity contribution is 7.13. The van der Waals surface area contributed by atoms with Gasteiger partial charge in [0.05, 0.1) is 6.54 Å². The molecule has 6 heteroatoms. The van der Waals surface area contributed by atoms with E-state index in [1.54, 1.807) is 6.20 Å². The van der Waals surface area contributed by atoms with Crippen molar-refractivity contribution in [2.75, 3.05) is 31.5 Å². The third-order valence-corrected chi connectivity index (χ3v) is 3.78. The van der Waals surface area contributed by atoms with Gasteiger partial charge >= 0.3 is 0 Å². The first-order valence-electron chi connectivity index (χ1n) is 6.43. The van der Waals surface area contributed by atoms with Crippen molar-refractivity contribution in [3.05, 3.63) is 11.6 Å². The van der Waals surface area contributed by atoms with Crippen molar-refractivity contribution >= 4 is 22.4 Å². The number of hydrogen-bond acceptors (Lipinski definition) is 5. The molecule has 100 valence electrons. The predicted molar refractivity (Wildman–Crippen MR) is 73.9 cm³/mol. The third kappa shape index (κ3) is 3.76. The number of nitrogens with one attached hydrogen (secondary N) is 2. The molecule has 2 N–H and O–H groups in total. The Bertz CT molecular complexity index is 362. The Kier molecular flexibility index (Phi) is 5.10. The van der Waals surface area contributed by atoms with Crippen molar-refractivity contribution in [1.29, 1.82) is 0 Å². The largest absolute Gasteiger partial charge is 0.315 e. The van der Waals surface area contributed by atoms with Crippen LogP contribution in [0.2, 0.25) is 0 Å². The smallest absolute Gasteiger partial charge is 0.240 e. The molecule has 0 radical (unpaired) electrons. The van der Waals surface area contributed by atoms with E-state index >= 15 is 0 Å². The lowest BCUT2D eigenvalue weighted by Crippen LogP contribution is -2.42. The number of carbonyl (C=O) groups excluding carboxylic acids is 1. The standard InChI is InChI=1S/C12H20N4OS/c1-2-6-16(10-3-4-13-8-10)9-11(17)15-12-14-5-7-18-12/h5,7,10,13H,2-4,6,8-9H2,1H3,(H,14,15,17). The second kappa shape index (κ2) is 6.82. The van der Waals surface area contributed by atoms with Gasteiger partial charge in [-0.2, -0.15) is 0 Å². The van der Waals surface area contributed by atoms with Crippen molar-refractivity contribution in [3.8, 4) is 0 Å².